The highest BCUT2D eigenvalue weighted by Gasteiger charge is 2.32. The fraction of sp³-hybridized carbons (Fsp3) is 0.588. The number of nitrogens with zero attached hydrogens (tertiary/aromatic N) is 2. The fourth-order valence-electron chi connectivity index (χ4n) is 3.16. The maximum atomic E-state index is 12.4. The molecule has 0 bridgehead atoms. The Bertz CT molecular complexity index is 571. The molecule has 0 aliphatic carbocycles. The Labute approximate surface area is 171 Å². The SMILES string of the molecule is Cl.Cl.O=C(C1CC(O)CN1)N1CCN(CCOc2ccccc2Cl)CC1. The van der Waals surface area contributed by atoms with Gasteiger partial charge in [0.05, 0.1) is 17.2 Å². The smallest absolute Gasteiger partial charge is 0.239 e. The molecule has 9 heteroatoms. The molecule has 2 heterocycles. The largest absolute Gasteiger partial charge is 0.491 e. The van der Waals surface area contributed by atoms with Crippen LogP contribution in [-0.2, 0) is 4.79 Å². The minimum atomic E-state index is -0.401. The maximum absolute atomic E-state index is 12.4. The highest BCUT2D eigenvalue weighted by Crippen LogP contribution is 2.23. The maximum Gasteiger partial charge on any atom is 0.239 e. The Morgan fingerprint density at radius 1 is 1.23 bits per heavy atom. The summed E-state index contributed by atoms with van der Waals surface area (Å²) in [5, 5.41) is 13.2. The standard InChI is InChI=1S/C17H24ClN3O3.2ClH/c18-14-3-1-2-4-16(14)24-10-9-20-5-7-21(8-6-20)17(23)15-11-13(22)12-19-15;;/h1-4,13,15,19,22H,5-12H2;2*1H. The van der Waals surface area contributed by atoms with E-state index in [1.54, 1.807) is 0 Å². The molecule has 2 N–H and O–H groups in total. The van der Waals surface area contributed by atoms with E-state index in [0.29, 0.717) is 30.3 Å². The number of carbonyl (C=O) groups is 1. The van der Waals surface area contributed by atoms with Gasteiger partial charge in [-0.05, 0) is 18.6 Å². The third-order valence-electron chi connectivity index (χ3n) is 4.59. The lowest BCUT2D eigenvalue weighted by molar-refractivity contribution is -0.135. The number of aliphatic hydroxyl groups is 1. The lowest BCUT2D eigenvalue weighted by atomic mass is 10.1. The van der Waals surface area contributed by atoms with Gasteiger partial charge in [-0.15, -0.1) is 24.8 Å². The lowest BCUT2D eigenvalue weighted by Gasteiger charge is -2.35. The van der Waals surface area contributed by atoms with Crippen LogP contribution in [0, 0.1) is 0 Å². The molecule has 6 nitrogen and oxygen atoms in total. The number of rotatable bonds is 5. The molecular weight excluding hydrogens is 401 g/mol. The molecule has 0 spiro atoms. The zero-order valence-corrected chi connectivity index (χ0v) is 16.9. The first-order valence-corrected chi connectivity index (χ1v) is 8.81. The van der Waals surface area contributed by atoms with Crippen LogP contribution in [0.2, 0.25) is 5.02 Å². The number of para-hydroxylation sites is 1. The van der Waals surface area contributed by atoms with Crippen LogP contribution in [-0.4, -0.2) is 78.8 Å². The van der Waals surface area contributed by atoms with E-state index < -0.39 is 6.10 Å². The predicted octanol–water partition coefficient (Wildman–Crippen LogP) is 1.43. The Morgan fingerprint density at radius 3 is 2.54 bits per heavy atom. The number of hydrogen-bond acceptors (Lipinski definition) is 5. The van der Waals surface area contributed by atoms with Crippen LogP contribution in [0.3, 0.4) is 0 Å². The van der Waals surface area contributed by atoms with E-state index in [0.717, 1.165) is 32.7 Å². The third kappa shape index (κ3) is 6.15. The van der Waals surface area contributed by atoms with Crippen molar-refractivity contribution in [1.82, 2.24) is 15.1 Å². The van der Waals surface area contributed by atoms with Crippen LogP contribution in [0.5, 0.6) is 5.75 Å². The van der Waals surface area contributed by atoms with Crippen LogP contribution in [0.4, 0.5) is 0 Å². The second-order valence-electron chi connectivity index (χ2n) is 6.30. The fourth-order valence-corrected chi connectivity index (χ4v) is 3.35. The summed E-state index contributed by atoms with van der Waals surface area (Å²) in [4.78, 5) is 16.6. The molecule has 2 unspecified atom stereocenters. The van der Waals surface area contributed by atoms with Gasteiger partial charge in [0.25, 0.3) is 0 Å². The van der Waals surface area contributed by atoms with Gasteiger partial charge in [0.2, 0.25) is 5.91 Å². The van der Waals surface area contributed by atoms with Crippen molar-refractivity contribution in [3.05, 3.63) is 29.3 Å². The summed E-state index contributed by atoms with van der Waals surface area (Å²) in [6, 6.07) is 7.23. The number of ether oxygens (including phenoxy) is 1. The van der Waals surface area contributed by atoms with Crippen LogP contribution in [0.25, 0.3) is 0 Å². The lowest BCUT2D eigenvalue weighted by Crippen LogP contribution is -2.53. The second-order valence-corrected chi connectivity index (χ2v) is 6.70. The highest BCUT2D eigenvalue weighted by atomic mass is 35.5. The summed E-state index contributed by atoms with van der Waals surface area (Å²) < 4.78 is 5.71. The summed E-state index contributed by atoms with van der Waals surface area (Å²) in [6.07, 6.45) is 0.118. The first kappa shape index (κ1) is 23.3. The van der Waals surface area contributed by atoms with E-state index in [-0.39, 0.29) is 36.8 Å². The topological polar surface area (TPSA) is 65.0 Å². The molecule has 1 aromatic rings. The Kier molecular flexibility index (Phi) is 10.00. The first-order valence-electron chi connectivity index (χ1n) is 8.43. The zero-order chi connectivity index (χ0) is 16.9. The van der Waals surface area contributed by atoms with Crippen molar-refractivity contribution in [1.29, 1.82) is 0 Å². The van der Waals surface area contributed by atoms with Crippen molar-refractivity contribution in [3.8, 4) is 5.75 Å². The molecule has 26 heavy (non-hydrogen) atoms. The molecule has 0 radical (unpaired) electrons. The Hall–Kier alpha value is -0.760. The van der Waals surface area contributed by atoms with Crippen molar-refractivity contribution in [2.75, 3.05) is 45.9 Å². The number of carbonyl (C=O) groups excluding carboxylic acids is 1. The zero-order valence-electron chi connectivity index (χ0n) is 14.5. The van der Waals surface area contributed by atoms with Gasteiger partial charge in [-0.25, -0.2) is 0 Å². The molecule has 148 valence electrons. The quantitative estimate of drug-likeness (QED) is 0.746. The Balaban J connectivity index is 0.00000169. The van der Waals surface area contributed by atoms with Crippen molar-refractivity contribution < 1.29 is 14.6 Å². The number of benzene rings is 1. The van der Waals surface area contributed by atoms with E-state index >= 15 is 0 Å². The van der Waals surface area contributed by atoms with Crippen LogP contribution < -0.4 is 10.1 Å². The number of β-amino-alcohol motifs (C(OH)–C–C–N with tert-alkyl or cyclic N) is 1. The number of halogens is 3. The molecule has 2 aliphatic heterocycles. The van der Waals surface area contributed by atoms with Crippen molar-refractivity contribution >= 4 is 42.3 Å². The second kappa shape index (κ2) is 11.2. The predicted molar refractivity (Wildman–Crippen MR) is 107 cm³/mol. The van der Waals surface area contributed by atoms with Crippen molar-refractivity contribution in [3.63, 3.8) is 0 Å². The molecule has 2 aliphatic rings. The van der Waals surface area contributed by atoms with Crippen LogP contribution in [0.15, 0.2) is 24.3 Å². The van der Waals surface area contributed by atoms with Gasteiger partial charge in [-0.3, -0.25) is 9.69 Å². The van der Waals surface area contributed by atoms with Gasteiger partial charge in [0.15, 0.2) is 0 Å². The number of hydrogen-bond donors (Lipinski definition) is 2. The molecule has 0 aromatic heterocycles. The summed E-state index contributed by atoms with van der Waals surface area (Å²) in [7, 11) is 0. The molecular formula is C17H26Cl3N3O3. The normalized spacial score (nSPS) is 23.1. The average Bonchev–Trinajstić information content (AvgIpc) is 3.03. The number of amides is 1. The monoisotopic (exact) mass is 425 g/mol. The van der Waals surface area contributed by atoms with Crippen molar-refractivity contribution in [2.45, 2.75) is 18.6 Å². The van der Waals surface area contributed by atoms with E-state index in [1.807, 2.05) is 29.2 Å². The van der Waals surface area contributed by atoms with Crippen LogP contribution in [0.1, 0.15) is 6.42 Å². The Morgan fingerprint density at radius 2 is 1.92 bits per heavy atom. The van der Waals surface area contributed by atoms with E-state index in [4.69, 9.17) is 16.3 Å². The molecule has 0 saturated carbocycles. The molecule has 1 amide bonds. The van der Waals surface area contributed by atoms with Gasteiger partial charge in [0.1, 0.15) is 12.4 Å². The van der Waals surface area contributed by atoms with Gasteiger partial charge in [0, 0.05) is 39.3 Å². The average molecular weight is 427 g/mol. The minimum absolute atomic E-state index is 0. The third-order valence-corrected chi connectivity index (χ3v) is 4.90. The number of piperazine rings is 1. The number of aliphatic hydroxyl groups excluding tert-OH is 1. The minimum Gasteiger partial charge on any atom is -0.491 e. The summed E-state index contributed by atoms with van der Waals surface area (Å²) in [5.74, 6) is 0.817. The van der Waals surface area contributed by atoms with E-state index in [1.165, 1.54) is 0 Å². The first-order chi connectivity index (χ1) is 11.6. The van der Waals surface area contributed by atoms with Gasteiger partial charge >= 0.3 is 0 Å². The molecule has 2 fully saturated rings. The van der Waals surface area contributed by atoms with E-state index in [2.05, 4.69) is 10.2 Å². The van der Waals surface area contributed by atoms with Gasteiger partial charge in [-0.2, -0.15) is 0 Å². The molecule has 2 saturated heterocycles. The van der Waals surface area contributed by atoms with E-state index in [9.17, 15) is 9.90 Å². The molecule has 1 aromatic carbocycles. The molecule has 2 atom stereocenters. The highest BCUT2D eigenvalue weighted by molar-refractivity contribution is 6.32. The molecule has 3 rings (SSSR count). The van der Waals surface area contributed by atoms with Gasteiger partial charge < -0.3 is 20.1 Å². The summed E-state index contributed by atoms with van der Waals surface area (Å²) >= 11 is 6.07. The van der Waals surface area contributed by atoms with Crippen LogP contribution >= 0.6 is 36.4 Å². The summed E-state index contributed by atoms with van der Waals surface area (Å²) in [5.41, 5.74) is 0. The summed E-state index contributed by atoms with van der Waals surface area (Å²) in [6.45, 7) is 5.02. The number of nitrogens with one attached hydrogen (secondary N) is 1. The van der Waals surface area contributed by atoms with Gasteiger partial charge in [-0.1, -0.05) is 23.7 Å². The van der Waals surface area contributed by atoms with Crippen molar-refractivity contribution in [2.24, 2.45) is 0 Å².